The molecule has 2 N–H and O–H groups in total. The molecular formula is C13H29N. The van der Waals surface area contributed by atoms with Crippen molar-refractivity contribution in [3.05, 3.63) is 0 Å². The third-order valence-electron chi connectivity index (χ3n) is 4.13. The zero-order valence-electron chi connectivity index (χ0n) is 11.1. The molecule has 0 fully saturated rings. The van der Waals surface area contributed by atoms with Crippen LogP contribution < -0.4 is 5.73 Å². The van der Waals surface area contributed by atoms with Gasteiger partial charge < -0.3 is 5.73 Å². The Morgan fingerprint density at radius 2 is 1.50 bits per heavy atom. The Kier molecular flexibility index (Phi) is 4.64. The number of hydrogen-bond acceptors (Lipinski definition) is 1. The normalized spacial score (nSPS) is 18.0. The van der Waals surface area contributed by atoms with Crippen LogP contribution in [0.15, 0.2) is 0 Å². The molecule has 0 radical (unpaired) electrons. The van der Waals surface area contributed by atoms with E-state index in [1.807, 2.05) is 0 Å². The molecule has 0 aromatic carbocycles. The topological polar surface area (TPSA) is 26.0 Å². The zero-order chi connectivity index (χ0) is 11.6. The molecule has 2 atom stereocenters. The Bertz CT molecular complexity index is 165. The lowest BCUT2D eigenvalue weighted by atomic mass is 9.65. The average Bonchev–Trinajstić information content (AvgIpc) is 2.03. The molecule has 1 heteroatoms. The summed E-state index contributed by atoms with van der Waals surface area (Å²) in [5, 5.41) is 0. The fourth-order valence-corrected chi connectivity index (χ4v) is 2.36. The van der Waals surface area contributed by atoms with E-state index in [2.05, 4.69) is 48.5 Å². The average molecular weight is 199 g/mol. The van der Waals surface area contributed by atoms with Gasteiger partial charge in [-0.25, -0.2) is 0 Å². The molecule has 0 amide bonds. The third kappa shape index (κ3) is 3.27. The third-order valence-corrected chi connectivity index (χ3v) is 4.13. The highest BCUT2D eigenvalue weighted by atomic mass is 14.7. The highest BCUT2D eigenvalue weighted by molar-refractivity contribution is 4.89. The molecule has 0 rings (SSSR count). The van der Waals surface area contributed by atoms with Crippen LogP contribution in [0.5, 0.6) is 0 Å². The summed E-state index contributed by atoms with van der Waals surface area (Å²) < 4.78 is 0. The van der Waals surface area contributed by atoms with Crippen molar-refractivity contribution in [2.24, 2.45) is 23.0 Å². The van der Waals surface area contributed by atoms with Gasteiger partial charge in [-0.2, -0.15) is 0 Å². The summed E-state index contributed by atoms with van der Waals surface area (Å²) in [6.45, 7) is 15.9. The van der Waals surface area contributed by atoms with Crippen LogP contribution >= 0.6 is 0 Å². The van der Waals surface area contributed by atoms with Crippen LogP contribution in [-0.4, -0.2) is 5.54 Å². The van der Waals surface area contributed by atoms with E-state index in [1.165, 1.54) is 12.8 Å². The maximum Gasteiger partial charge on any atom is 0.0126 e. The summed E-state index contributed by atoms with van der Waals surface area (Å²) >= 11 is 0. The second-order valence-corrected chi connectivity index (χ2v) is 5.97. The van der Waals surface area contributed by atoms with Crippen molar-refractivity contribution in [3.8, 4) is 0 Å². The van der Waals surface area contributed by atoms with Crippen LogP contribution in [0.1, 0.15) is 61.3 Å². The SMILES string of the molecule is CCC(C(C)C(C)(C)N)C(C)(C)CC. The summed E-state index contributed by atoms with van der Waals surface area (Å²) in [7, 11) is 0. The maximum atomic E-state index is 6.21. The molecule has 0 aliphatic carbocycles. The van der Waals surface area contributed by atoms with Crippen LogP contribution in [0.3, 0.4) is 0 Å². The van der Waals surface area contributed by atoms with Gasteiger partial charge in [-0.05, 0) is 31.1 Å². The van der Waals surface area contributed by atoms with Gasteiger partial charge in [0.15, 0.2) is 0 Å². The zero-order valence-corrected chi connectivity index (χ0v) is 11.1. The van der Waals surface area contributed by atoms with Crippen molar-refractivity contribution in [1.29, 1.82) is 0 Å². The predicted octanol–water partition coefficient (Wildman–Crippen LogP) is 3.82. The van der Waals surface area contributed by atoms with Crippen molar-refractivity contribution in [1.82, 2.24) is 0 Å². The van der Waals surface area contributed by atoms with Gasteiger partial charge in [-0.15, -0.1) is 0 Å². The van der Waals surface area contributed by atoms with Gasteiger partial charge >= 0.3 is 0 Å². The van der Waals surface area contributed by atoms with Crippen LogP contribution in [0.2, 0.25) is 0 Å². The number of nitrogens with two attached hydrogens (primary N) is 1. The minimum Gasteiger partial charge on any atom is -0.325 e. The Morgan fingerprint density at radius 3 is 1.71 bits per heavy atom. The summed E-state index contributed by atoms with van der Waals surface area (Å²) in [4.78, 5) is 0. The minimum atomic E-state index is -0.0624. The van der Waals surface area contributed by atoms with Gasteiger partial charge in [-0.1, -0.05) is 47.5 Å². The Labute approximate surface area is 90.5 Å². The molecule has 86 valence electrons. The molecule has 0 bridgehead atoms. The van der Waals surface area contributed by atoms with E-state index in [1.54, 1.807) is 0 Å². The molecule has 0 aliphatic heterocycles. The van der Waals surface area contributed by atoms with Gasteiger partial charge in [0.25, 0.3) is 0 Å². The Morgan fingerprint density at radius 1 is 1.07 bits per heavy atom. The van der Waals surface area contributed by atoms with E-state index >= 15 is 0 Å². The Balaban J connectivity index is 4.73. The van der Waals surface area contributed by atoms with Gasteiger partial charge in [0.05, 0.1) is 0 Å². The van der Waals surface area contributed by atoms with Crippen molar-refractivity contribution in [3.63, 3.8) is 0 Å². The van der Waals surface area contributed by atoms with Crippen molar-refractivity contribution in [2.45, 2.75) is 66.8 Å². The first-order chi connectivity index (χ1) is 6.16. The number of hydrogen-bond donors (Lipinski definition) is 1. The van der Waals surface area contributed by atoms with Crippen LogP contribution in [0, 0.1) is 17.3 Å². The van der Waals surface area contributed by atoms with Crippen molar-refractivity contribution < 1.29 is 0 Å². The summed E-state index contributed by atoms with van der Waals surface area (Å²) in [5.41, 5.74) is 6.55. The largest absolute Gasteiger partial charge is 0.325 e. The van der Waals surface area contributed by atoms with Crippen molar-refractivity contribution >= 4 is 0 Å². The quantitative estimate of drug-likeness (QED) is 0.715. The van der Waals surface area contributed by atoms with E-state index < -0.39 is 0 Å². The first kappa shape index (κ1) is 14.0. The standard InChI is InChI=1S/C13H29N/c1-8-11(12(4,5)9-2)10(3)13(6,7)14/h10-11H,8-9,14H2,1-7H3. The summed E-state index contributed by atoms with van der Waals surface area (Å²) in [6, 6.07) is 0. The summed E-state index contributed by atoms with van der Waals surface area (Å²) in [5.74, 6) is 1.29. The molecule has 14 heavy (non-hydrogen) atoms. The highest BCUT2D eigenvalue weighted by Gasteiger charge is 2.36. The molecule has 0 aromatic rings. The predicted molar refractivity (Wildman–Crippen MR) is 65.3 cm³/mol. The van der Waals surface area contributed by atoms with E-state index in [0.717, 1.165) is 0 Å². The highest BCUT2D eigenvalue weighted by Crippen LogP contribution is 2.40. The molecular weight excluding hydrogens is 170 g/mol. The van der Waals surface area contributed by atoms with E-state index in [0.29, 0.717) is 17.3 Å². The lowest BCUT2D eigenvalue weighted by Crippen LogP contribution is -2.46. The molecule has 0 saturated carbocycles. The monoisotopic (exact) mass is 199 g/mol. The molecule has 0 saturated heterocycles. The maximum absolute atomic E-state index is 6.21. The smallest absolute Gasteiger partial charge is 0.0126 e. The molecule has 0 heterocycles. The Hall–Kier alpha value is -0.0400. The fourth-order valence-electron chi connectivity index (χ4n) is 2.36. The fraction of sp³-hybridized carbons (Fsp3) is 1.00. The number of rotatable bonds is 5. The molecule has 0 aliphatic rings. The van der Waals surface area contributed by atoms with E-state index in [-0.39, 0.29) is 5.54 Å². The second-order valence-electron chi connectivity index (χ2n) is 5.97. The van der Waals surface area contributed by atoms with Crippen LogP contribution in [-0.2, 0) is 0 Å². The van der Waals surface area contributed by atoms with Gasteiger partial charge in [0.2, 0.25) is 0 Å². The van der Waals surface area contributed by atoms with Crippen LogP contribution in [0.4, 0.5) is 0 Å². The minimum absolute atomic E-state index is 0.0624. The first-order valence-electron chi connectivity index (χ1n) is 5.95. The summed E-state index contributed by atoms with van der Waals surface area (Å²) in [6.07, 6.45) is 2.45. The lowest BCUT2D eigenvalue weighted by molar-refractivity contribution is 0.0949. The van der Waals surface area contributed by atoms with Gasteiger partial charge in [0.1, 0.15) is 0 Å². The molecule has 2 unspecified atom stereocenters. The lowest BCUT2D eigenvalue weighted by Gasteiger charge is -2.43. The molecule has 0 spiro atoms. The van der Waals surface area contributed by atoms with E-state index in [9.17, 15) is 0 Å². The molecule has 1 nitrogen and oxygen atoms in total. The van der Waals surface area contributed by atoms with Crippen LogP contribution in [0.25, 0.3) is 0 Å². The molecule has 0 aromatic heterocycles. The van der Waals surface area contributed by atoms with E-state index in [4.69, 9.17) is 5.73 Å². The van der Waals surface area contributed by atoms with Gasteiger partial charge in [0, 0.05) is 5.54 Å². The van der Waals surface area contributed by atoms with Crippen molar-refractivity contribution in [2.75, 3.05) is 0 Å². The van der Waals surface area contributed by atoms with Gasteiger partial charge in [-0.3, -0.25) is 0 Å². The second kappa shape index (κ2) is 4.65. The first-order valence-corrected chi connectivity index (χ1v) is 5.95.